The monoisotopic (exact) mass is 354 g/mol. The predicted octanol–water partition coefficient (Wildman–Crippen LogP) is 4.23. The van der Waals surface area contributed by atoms with E-state index in [4.69, 9.17) is 4.74 Å². The minimum Gasteiger partial charge on any atom is -0.508 e. The molecule has 1 unspecified atom stereocenters. The van der Waals surface area contributed by atoms with Crippen LogP contribution < -0.4 is 10.1 Å². The minimum atomic E-state index is -0.643. The average Bonchev–Trinajstić information content (AvgIpc) is 3.05. The zero-order valence-electron chi connectivity index (χ0n) is 13.9. The molecule has 0 fully saturated rings. The number of hydrogen-bond donors (Lipinski definition) is 2. The fourth-order valence-corrected chi connectivity index (χ4v) is 2.93. The van der Waals surface area contributed by atoms with Crippen molar-refractivity contribution in [2.45, 2.75) is 20.0 Å². The zero-order chi connectivity index (χ0) is 17.8. The smallest absolute Gasteiger partial charge is 0.266 e. The molecule has 0 aliphatic carbocycles. The molecule has 1 amide bonds. The first-order valence-electron chi connectivity index (χ1n) is 7.80. The second-order valence-electron chi connectivity index (χ2n) is 5.65. The number of nitrogens with zero attached hydrogens (tertiary/aromatic N) is 1. The van der Waals surface area contributed by atoms with Gasteiger partial charge in [0.1, 0.15) is 11.5 Å². The molecule has 1 heterocycles. The third kappa shape index (κ3) is 4.36. The number of carbonyl (C=O) groups excluding carboxylic acids is 1. The standard InChI is InChI=1S/C19H18N2O3S/c1-12-6-8-16(9-7-12)24-13(2)18(23)21-19-20-17(11-25-19)14-4-3-5-15(22)10-14/h3-11,13,22H,1-2H3,(H,20,21,23). The van der Waals surface area contributed by atoms with Crippen LogP contribution in [0.3, 0.4) is 0 Å². The Morgan fingerprint density at radius 3 is 2.72 bits per heavy atom. The van der Waals surface area contributed by atoms with Crippen molar-refractivity contribution < 1.29 is 14.6 Å². The van der Waals surface area contributed by atoms with Gasteiger partial charge in [-0.2, -0.15) is 0 Å². The van der Waals surface area contributed by atoms with Gasteiger partial charge >= 0.3 is 0 Å². The molecule has 6 heteroatoms. The van der Waals surface area contributed by atoms with Crippen molar-refractivity contribution in [1.29, 1.82) is 0 Å². The highest BCUT2D eigenvalue weighted by Crippen LogP contribution is 2.27. The third-order valence-corrected chi connectivity index (χ3v) is 4.34. The predicted molar refractivity (Wildman–Crippen MR) is 99.1 cm³/mol. The summed E-state index contributed by atoms with van der Waals surface area (Å²) in [6.07, 6.45) is -0.643. The molecule has 0 saturated carbocycles. The summed E-state index contributed by atoms with van der Waals surface area (Å²) in [5.41, 5.74) is 2.62. The van der Waals surface area contributed by atoms with Gasteiger partial charge in [-0.05, 0) is 38.1 Å². The van der Waals surface area contributed by atoms with Gasteiger partial charge in [-0.1, -0.05) is 29.8 Å². The zero-order valence-corrected chi connectivity index (χ0v) is 14.7. The summed E-state index contributed by atoms with van der Waals surface area (Å²) >= 11 is 1.32. The fourth-order valence-electron chi connectivity index (χ4n) is 2.21. The number of phenols is 1. The van der Waals surface area contributed by atoms with Crippen LogP contribution in [0.2, 0.25) is 0 Å². The van der Waals surface area contributed by atoms with Crippen LogP contribution in [0.25, 0.3) is 11.3 Å². The van der Waals surface area contributed by atoms with Gasteiger partial charge < -0.3 is 9.84 Å². The van der Waals surface area contributed by atoms with E-state index in [1.807, 2.05) is 42.6 Å². The lowest BCUT2D eigenvalue weighted by molar-refractivity contribution is -0.122. The topological polar surface area (TPSA) is 71.5 Å². The van der Waals surface area contributed by atoms with E-state index in [0.717, 1.165) is 11.1 Å². The molecular weight excluding hydrogens is 336 g/mol. The Kier molecular flexibility index (Phi) is 5.00. The maximum atomic E-state index is 12.3. The molecule has 3 aromatic rings. The summed E-state index contributed by atoms with van der Waals surface area (Å²) < 4.78 is 5.64. The van der Waals surface area contributed by atoms with Gasteiger partial charge in [0.25, 0.3) is 5.91 Å². The van der Waals surface area contributed by atoms with E-state index in [0.29, 0.717) is 16.6 Å². The van der Waals surface area contributed by atoms with Crippen molar-refractivity contribution in [1.82, 2.24) is 4.98 Å². The van der Waals surface area contributed by atoms with Crippen molar-refractivity contribution in [2.75, 3.05) is 5.32 Å². The number of aromatic hydroxyl groups is 1. The van der Waals surface area contributed by atoms with Gasteiger partial charge in [0, 0.05) is 10.9 Å². The largest absolute Gasteiger partial charge is 0.508 e. The molecule has 25 heavy (non-hydrogen) atoms. The third-order valence-electron chi connectivity index (χ3n) is 3.58. The Bertz CT molecular complexity index is 874. The molecule has 1 aromatic heterocycles. The van der Waals surface area contributed by atoms with Gasteiger partial charge in [-0.15, -0.1) is 11.3 Å². The molecule has 0 saturated heterocycles. The highest BCUT2D eigenvalue weighted by atomic mass is 32.1. The lowest BCUT2D eigenvalue weighted by Crippen LogP contribution is -2.30. The van der Waals surface area contributed by atoms with Crippen LogP contribution >= 0.6 is 11.3 Å². The first kappa shape index (κ1) is 17.0. The highest BCUT2D eigenvalue weighted by molar-refractivity contribution is 7.14. The Hall–Kier alpha value is -2.86. The number of phenolic OH excluding ortho intramolecular Hbond substituents is 1. The van der Waals surface area contributed by atoms with E-state index in [1.54, 1.807) is 25.1 Å². The summed E-state index contributed by atoms with van der Waals surface area (Å²) in [4.78, 5) is 16.7. The average molecular weight is 354 g/mol. The van der Waals surface area contributed by atoms with Gasteiger partial charge in [-0.3, -0.25) is 10.1 Å². The van der Waals surface area contributed by atoms with E-state index >= 15 is 0 Å². The Morgan fingerprint density at radius 2 is 2.00 bits per heavy atom. The van der Waals surface area contributed by atoms with Crippen molar-refractivity contribution in [2.24, 2.45) is 0 Å². The summed E-state index contributed by atoms with van der Waals surface area (Å²) in [5.74, 6) is 0.557. The maximum Gasteiger partial charge on any atom is 0.266 e. The number of anilines is 1. The number of hydrogen-bond acceptors (Lipinski definition) is 5. The summed E-state index contributed by atoms with van der Waals surface area (Å²) in [6, 6.07) is 14.4. The van der Waals surface area contributed by atoms with Crippen molar-refractivity contribution in [3.63, 3.8) is 0 Å². The SMILES string of the molecule is Cc1ccc(OC(C)C(=O)Nc2nc(-c3cccc(O)c3)cs2)cc1. The maximum absolute atomic E-state index is 12.3. The number of benzene rings is 2. The molecule has 0 aliphatic rings. The van der Waals surface area contributed by atoms with Crippen LogP contribution in [0, 0.1) is 6.92 Å². The van der Waals surface area contributed by atoms with Crippen molar-refractivity contribution >= 4 is 22.4 Å². The van der Waals surface area contributed by atoms with Crippen molar-refractivity contribution in [3.05, 3.63) is 59.5 Å². The van der Waals surface area contributed by atoms with Crippen molar-refractivity contribution in [3.8, 4) is 22.8 Å². The molecule has 0 radical (unpaired) electrons. The first-order chi connectivity index (χ1) is 12.0. The van der Waals surface area contributed by atoms with E-state index in [-0.39, 0.29) is 11.7 Å². The lowest BCUT2D eigenvalue weighted by Gasteiger charge is -2.13. The highest BCUT2D eigenvalue weighted by Gasteiger charge is 2.16. The van der Waals surface area contributed by atoms with E-state index in [2.05, 4.69) is 10.3 Å². The first-order valence-corrected chi connectivity index (χ1v) is 8.68. The number of nitrogens with one attached hydrogen (secondary N) is 1. The van der Waals surface area contributed by atoms with Gasteiger partial charge in [0.2, 0.25) is 0 Å². The summed E-state index contributed by atoms with van der Waals surface area (Å²) in [7, 11) is 0. The number of aryl methyl sites for hydroxylation is 1. The Morgan fingerprint density at radius 1 is 1.24 bits per heavy atom. The van der Waals surface area contributed by atoms with Crippen LogP contribution in [0.15, 0.2) is 53.9 Å². The molecule has 3 rings (SSSR count). The lowest BCUT2D eigenvalue weighted by atomic mass is 10.2. The van der Waals surface area contributed by atoms with Crippen LogP contribution in [-0.2, 0) is 4.79 Å². The number of amides is 1. The molecule has 0 aliphatic heterocycles. The number of ether oxygens (including phenoxy) is 1. The van der Waals surface area contributed by atoms with Crippen LogP contribution in [0.4, 0.5) is 5.13 Å². The number of rotatable bonds is 5. The molecule has 1 atom stereocenters. The second kappa shape index (κ2) is 7.36. The molecule has 0 bridgehead atoms. The quantitative estimate of drug-likeness (QED) is 0.719. The molecule has 5 nitrogen and oxygen atoms in total. The molecule has 0 spiro atoms. The van der Waals surface area contributed by atoms with Gasteiger partial charge in [0.15, 0.2) is 11.2 Å². The second-order valence-corrected chi connectivity index (χ2v) is 6.51. The van der Waals surface area contributed by atoms with Gasteiger partial charge in [-0.25, -0.2) is 4.98 Å². The van der Waals surface area contributed by atoms with Gasteiger partial charge in [0.05, 0.1) is 5.69 Å². The van der Waals surface area contributed by atoms with E-state index in [9.17, 15) is 9.90 Å². The van der Waals surface area contributed by atoms with Crippen LogP contribution in [-0.4, -0.2) is 22.1 Å². The normalized spacial score (nSPS) is 11.8. The fraction of sp³-hybridized carbons (Fsp3) is 0.158. The van der Waals surface area contributed by atoms with Crippen LogP contribution in [0.1, 0.15) is 12.5 Å². The number of carbonyl (C=O) groups is 1. The van der Waals surface area contributed by atoms with Crippen LogP contribution in [0.5, 0.6) is 11.5 Å². The molecular formula is C19H18N2O3S. The summed E-state index contributed by atoms with van der Waals surface area (Å²) in [5, 5.41) is 14.6. The Balaban J connectivity index is 1.64. The minimum absolute atomic E-state index is 0.177. The number of aromatic nitrogens is 1. The summed E-state index contributed by atoms with van der Waals surface area (Å²) in [6.45, 7) is 3.69. The molecule has 2 N–H and O–H groups in total. The number of thiazole rings is 1. The van der Waals surface area contributed by atoms with E-state index < -0.39 is 6.10 Å². The van der Waals surface area contributed by atoms with E-state index in [1.165, 1.54) is 11.3 Å². The Labute approximate surface area is 149 Å². The molecule has 2 aromatic carbocycles. The molecule has 128 valence electrons.